The minimum Gasteiger partial charge on any atom is -0.382 e. The van der Waals surface area contributed by atoms with Gasteiger partial charge in [0.05, 0.1) is 0 Å². The average molecular weight is 207 g/mol. The molecule has 1 atom stereocenters. The van der Waals surface area contributed by atoms with Crippen molar-refractivity contribution in [3.63, 3.8) is 0 Å². The van der Waals surface area contributed by atoms with Crippen LogP contribution in [0.1, 0.15) is 40.0 Å². The van der Waals surface area contributed by atoms with E-state index in [-0.39, 0.29) is 6.04 Å². The van der Waals surface area contributed by atoms with E-state index < -0.39 is 0 Å². The minimum absolute atomic E-state index is 0.273. The van der Waals surface area contributed by atoms with Crippen LogP contribution in [-0.4, -0.2) is 6.04 Å². The Morgan fingerprint density at radius 1 is 1.33 bits per heavy atom. The summed E-state index contributed by atoms with van der Waals surface area (Å²) in [5, 5.41) is 3.36. The topological polar surface area (TPSA) is 12.0 Å². The van der Waals surface area contributed by atoms with E-state index in [1.54, 1.807) is 0 Å². The van der Waals surface area contributed by atoms with E-state index in [4.69, 9.17) is 0 Å². The molecule has 1 unspecified atom stereocenters. The molecule has 0 aliphatic heterocycles. The monoisotopic (exact) mass is 207 g/mol. The zero-order valence-electron chi connectivity index (χ0n) is 10.5. The summed E-state index contributed by atoms with van der Waals surface area (Å²) in [5.74, 6) is 0. The van der Waals surface area contributed by atoms with Crippen molar-refractivity contribution in [2.24, 2.45) is 5.41 Å². The lowest BCUT2D eigenvalue weighted by molar-refractivity contribution is 0.372. The molecule has 1 heteroatoms. The maximum Gasteiger partial charge on any atom is 0.0473 e. The van der Waals surface area contributed by atoms with Gasteiger partial charge < -0.3 is 5.32 Å². The first-order valence-corrected chi connectivity index (χ1v) is 5.57. The van der Waals surface area contributed by atoms with Crippen molar-refractivity contribution >= 4 is 0 Å². The largest absolute Gasteiger partial charge is 0.382 e. The van der Waals surface area contributed by atoms with Gasteiger partial charge in [-0.05, 0) is 24.7 Å². The van der Waals surface area contributed by atoms with E-state index in [2.05, 4.69) is 45.8 Å². The summed E-state index contributed by atoms with van der Waals surface area (Å²) in [6, 6.07) is 0.273. The van der Waals surface area contributed by atoms with Gasteiger partial charge in [-0.1, -0.05) is 39.5 Å². The van der Waals surface area contributed by atoms with Crippen LogP contribution in [0.5, 0.6) is 0 Å². The highest BCUT2D eigenvalue weighted by Gasteiger charge is 2.11. The Morgan fingerprint density at radius 3 is 2.33 bits per heavy atom. The molecule has 0 saturated carbocycles. The molecule has 0 aromatic carbocycles. The molecule has 0 bridgehead atoms. The van der Waals surface area contributed by atoms with Crippen molar-refractivity contribution in [3.8, 4) is 0 Å². The fourth-order valence-electron chi connectivity index (χ4n) is 1.25. The summed E-state index contributed by atoms with van der Waals surface area (Å²) >= 11 is 0. The molecule has 15 heavy (non-hydrogen) atoms. The van der Waals surface area contributed by atoms with Gasteiger partial charge in [0.25, 0.3) is 0 Å². The zero-order chi connectivity index (χ0) is 11.9. The standard InChI is InChI=1S/C14H25N/c1-7-9-13(8-2)15-12(3)10-11-14(4,5)6/h7-8,13,15H,1-3,9-11H2,4-6H3. The Labute approximate surface area is 95.0 Å². The number of allylic oxidation sites excluding steroid dienone is 1. The molecule has 1 nitrogen and oxygen atoms in total. The second-order valence-electron chi connectivity index (χ2n) is 5.18. The third-order valence-electron chi connectivity index (χ3n) is 2.27. The van der Waals surface area contributed by atoms with E-state index in [1.807, 2.05) is 12.2 Å². The molecule has 0 amide bonds. The number of nitrogens with one attached hydrogen (secondary N) is 1. The fraction of sp³-hybridized carbons (Fsp3) is 0.571. The van der Waals surface area contributed by atoms with Gasteiger partial charge in [0, 0.05) is 11.7 Å². The van der Waals surface area contributed by atoms with Gasteiger partial charge in [0.1, 0.15) is 0 Å². The summed E-state index contributed by atoms with van der Waals surface area (Å²) in [5.41, 5.74) is 1.46. The second kappa shape index (κ2) is 6.49. The molecular weight excluding hydrogens is 182 g/mol. The molecule has 86 valence electrons. The van der Waals surface area contributed by atoms with E-state index in [0.717, 1.165) is 25.0 Å². The quantitative estimate of drug-likeness (QED) is 0.621. The Morgan fingerprint density at radius 2 is 1.93 bits per heavy atom. The van der Waals surface area contributed by atoms with Gasteiger partial charge in [-0.25, -0.2) is 0 Å². The molecule has 0 aliphatic carbocycles. The highest BCUT2D eigenvalue weighted by molar-refractivity contribution is 5.01. The van der Waals surface area contributed by atoms with Crippen LogP contribution in [0.3, 0.4) is 0 Å². The number of rotatable bonds is 7. The van der Waals surface area contributed by atoms with Crippen molar-refractivity contribution < 1.29 is 0 Å². The van der Waals surface area contributed by atoms with E-state index in [0.29, 0.717) is 5.41 Å². The molecule has 0 spiro atoms. The van der Waals surface area contributed by atoms with Crippen LogP contribution in [0.4, 0.5) is 0 Å². The van der Waals surface area contributed by atoms with Crippen molar-refractivity contribution in [1.29, 1.82) is 0 Å². The number of hydrogen-bond acceptors (Lipinski definition) is 1. The van der Waals surface area contributed by atoms with E-state index in [9.17, 15) is 0 Å². The Bertz CT molecular complexity index is 220. The Kier molecular flexibility index (Phi) is 6.07. The second-order valence-corrected chi connectivity index (χ2v) is 5.18. The highest BCUT2D eigenvalue weighted by atomic mass is 14.9. The summed E-state index contributed by atoms with van der Waals surface area (Å²) in [6.07, 6.45) is 6.88. The maximum atomic E-state index is 4.03. The van der Waals surface area contributed by atoms with Crippen LogP contribution in [-0.2, 0) is 0 Å². The molecule has 0 saturated heterocycles. The molecule has 0 aromatic rings. The van der Waals surface area contributed by atoms with Gasteiger partial charge in [0.15, 0.2) is 0 Å². The van der Waals surface area contributed by atoms with Gasteiger partial charge in [-0.15, -0.1) is 13.2 Å². The van der Waals surface area contributed by atoms with Crippen molar-refractivity contribution in [3.05, 3.63) is 37.6 Å². The summed E-state index contributed by atoms with van der Waals surface area (Å²) in [7, 11) is 0. The lowest BCUT2D eigenvalue weighted by Crippen LogP contribution is -2.25. The smallest absolute Gasteiger partial charge is 0.0473 e. The summed E-state index contributed by atoms with van der Waals surface area (Å²) in [6.45, 7) is 18.3. The summed E-state index contributed by atoms with van der Waals surface area (Å²) in [4.78, 5) is 0. The number of hydrogen-bond donors (Lipinski definition) is 1. The zero-order valence-corrected chi connectivity index (χ0v) is 10.5. The van der Waals surface area contributed by atoms with Crippen LogP contribution in [0, 0.1) is 5.41 Å². The van der Waals surface area contributed by atoms with E-state index >= 15 is 0 Å². The Balaban J connectivity index is 3.91. The van der Waals surface area contributed by atoms with E-state index in [1.165, 1.54) is 0 Å². The summed E-state index contributed by atoms with van der Waals surface area (Å²) < 4.78 is 0. The van der Waals surface area contributed by atoms with Crippen LogP contribution in [0.2, 0.25) is 0 Å². The van der Waals surface area contributed by atoms with Crippen LogP contribution in [0.15, 0.2) is 37.6 Å². The van der Waals surface area contributed by atoms with Crippen LogP contribution < -0.4 is 5.32 Å². The molecule has 0 aliphatic rings. The lowest BCUT2D eigenvalue weighted by atomic mass is 9.90. The lowest BCUT2D eigenvalue weighted by Gasteiger charge is -2.21. The minimum atomic E-state index is 0.273. The molecular formula is C14H25N. The van der Waals surface area contributed by atoms with Gasteiger partial charge in [-0.2, -0.15) is 0 Å². The third kappa shape index (κ3) is 8.04. The van der Waals surface area contributed by atoms with Crippen molar-refractivity contribution in [2.45, 2.75) is 46.1 Å². The molecule has 0 rings (SSSR count). The highest BCUT2D eigenvalue weighted by Crippen LogP contribution is 2.22. The molecule has 1 N–H and O–H groups in total. The Hall–Kier alpha value is -0.980. The third-order valence-corrected chi connectivity index (χ3v) is 2.27. The van der Waals surface area contributed by atoms with Crippen LogP contribution in [0.25, 0.3) is 0 Å². The predicted octanol–water partition coefficient (Wildman–Crippen LogP) is 4.05. The van der Waals surface area contributed by atoms with Crippen molar-refractivity contribution in [1.82, 2.24) is 5.32 Å². The fourth-order valence-corrected chi connectivity index (χ4v) is 1.25. The maximum absolute atomic E-state index is 4.03. The van der Waals surface area contributed by atoms with Gasteiger partial charge in [0.2, 0.25) is 0 Å². The normalized spacial score (nSPS) is 13.0. The average Bonchev–Trinajstić information content (AvgIpc) is 2.13. The SMILES string of the molecule is C=CCC(C=C)NC(=C)CCC(C)(C)C. The van der Waals surface area contributed by atoms with Crippen LogP contribution >= 0.6 is 0 Å². The molecule has 0 fully saturated rings. The predicted molar refractivity (Wildman–Crippen MR) is 69.8 cm³/mol. The molecule has 0 aromatic heterocycles. The van der Waals surface area contributed by atoms with Crippen molar-refractivity contribution in [2.75, 3.05) is 0 Å². The van der Waals surface area contributed by atoms with Gasteiger partial charge >= 0.3 is 0 Å². The first-order chi connectivity index (χ1) is 6.89. The molecule has 0 radical (unpaired) electrons. The molecule has 0 heterocycles. The first-order valence-electron chi connectivity index (χ1n) is 5.57. The van der Waals surface area contributed by atoms with Gasteiger partial charge in [-0.3, -0.25) is 0 Å². The first kappa shape index (κ1) is 14.0.